The maximum Gasteiger partial charge on any atom is 0.100 e. The molecule has 0 amide bonds. The highest BCUT2D eigenvalue weighted by molar-refractivity contribution is 6.30. The van der Waals surface area contributed by atoms with Crippen LogP contribution in [0.4, 0.5) is 0 Å². The van der Waals surface area contributed by atoms with Gasteiger partial charge in [-0.2, -0.15) is 5.10 Å². The molecule has 2 aromatic heterocycles. The number of halogens is 2. The molecule has 6 heteroatoms. The minimum atomic E-state index is 0. The Hall–Kier alpha value is -1.88. The molecule has 0 spiro atoms. The molecule has 0 radical (unpaired) electrons. The molecule has 2 N–H and O–H groups in total. The maximum absolute atomic E-state index is 6.19. The van der Waals surface area contributed by atoms with E-state index in [0.29, 0.717) is 5.92 Å². The minimum absolute atomic E-state index is 0. The van der Waals surface area contributed by atoms with E-state index in [2.05, 4.69) is 26.6 Å². The molecule has 0 unspecified atom stereocenters. The topological polar surface area (TPSA) is 53.6 Å². The van der Waals surface area contributed by atoms with E-state index < -0.39 is 0 Å². The zero-order valence-electron chi connectivity index (χ0n) is 13.7. The van der Waals surface area contributed by atoms with Crippen LogP contribution >= 0.6 is 24.0 Å². The third kappa shape index (κ3) is 3.71. The predicted octanol–water partition coefficient (Wildman–Crippen LogP) is 4.68. The van der Waals surface area contributed by atoms with Gasteiger partial charge in [-0.25, -0.2) is 0 Å². The lowest BCUT2D eigenvalue weighted by atomic mass is 9.88. The van der Waals surface area contributed by atoms with Crippen molar-refractivity contribution >= 4 is 24.0 Å². The number of hydrogen-bond acceptors (Lipinski definition) is 3. The van der Waals surface area contributed by atoms with Crippen LogP contribution in [0, 0.1) is 0 Å². The zero-order valence-corrected chi connectivity index (χ0v) is 15.3. The lowest BCUT2D eigenvalue weighted by Crippen LogP contribution is -2.27. The smallest absolute Gasteiger partial charge is 0.100 e. The number of piperidine rings is 1. The average Bonchev–Trinajstić information content (AvgIpc) is 3.08. The molecule has 1 saturated heterocycles. The molecule has 0 bridgehead atoms. The molecule has 130 valence electrons. The van der Waals surface area contributed by atoms with Crippen LogP contribution in [-0.2, 0) is 0 Å². The Kier molecular flexibility index (Phi) is 5.74. The first-order chi connectivity index (χ1) is 11.8. The summed E-state index contributed by atoms with van der Waals surface area (Å²) in [7, 11) is 0. The normalized spacial score (nSPS) is 14.9. The fourth-order valence-electron chi connectivity index (χ4n) is 3.42. The number of aromatic amines is 1. The molecule has 25 heavy (non-hydrogen) atoms. The van der Waals surface area contributed by atoms with Gasteiger partial charge in [0.1, 0.15) is 5.69 Å². The molecule has 1 aliphatic rings. The van der Waals surface area contributed by atoms with E-state index in [1.165, 1.54) is 11.3 Å². The summed E-state index contributed by atoms with van der Waals surface area (Å²) in [4.78, 5) is 4.15. The lowest BCUT2D eigenvalue weighted by molar-refractivity contribution is 0.453. The summed E-state index contributed by atoms with van der Waals surface area (Å²) in [5.41, 5.74) is 5.52. The summed E-state index contributed by atoms with van der Waals surface area (Å²) in [6, 6.07) is 12.0. The highest BCUT2D eigenvalue weighted by Crippen LogP contribution is 2.39. The molecule has 0 atom stereocenters. The van der Waals surface area contributed by atoms with Crippen molar-refractivity contribution in [1.29, 1.82) is 0 Å². The van der Waals surface area contributed by atoms with E-state index in [1.54, 1.807) is 0 Å². The van der Waals surface area contributed by atoms with Crippen molar-refractivity contribution in [2.24, 2.45) is 0 Å². The third-order valence-electron chi connectivity index (χ3n) is 4.61. The number of benzene rings is 1. The van der Waals surface area contributed by atoms with Crippen LogP contribution in [0.25, 0.3) is 22.4 Å². The van der Waals surface area contributed by atoms with Gasteiger partial charge in [-0.3, -0.25) is 10.1 Å². The van der Waals surface area contributed by atoms with Gasteiger partial charge in [-0.1, -0.05) is 23.7 Å². The predicted molar refractivity (Wildman–Crippen MR) is 104 cm³/mol. The van der Waals surface area contributed by atoms with Crippen molar-refractivity contribution in [1.82, 2.24) is 20.5 Å². The van der Waals surface area contributed by atoms with E-state index in [9.17, 15) is 0 Å². The highest BCUT2D eigenvalue weighted by atomic mass is 35.5. The lowest BCUT2D eigenvalue weighted by Gasteiger charge is -2.22. The largest absolute Gasteiger partial charge is 0.317 e. The van der Waals surface area contributed by atoms with Crippen LogP contribution in [0.15, 0.2) is 48.8 Å². The minimum Gasteiger partial charge on any atom is -0.317 e. The maximum atomic E-state index is 6.19. The van der Waals surface area contributed by atoms with Gasteiger partial charge in [0.2, 0.25) is 0 Å². The number of hydrogen-bond donors (Lipinski definition) is 2. The van der Waals surface area contributed by atoms with Gasteiger partial charge >= 0.3 is 0 Å². The molecule has 4 nitrogen and oxygen atoms in total. The van der Waals surface area contributed by atoms with Crippen molar-refractivity contribution in [2.75, 3.05) is 13.1 Å². The molecule has 3 heterocycles. The van der Waals surface area contributed by atoms with Crippen LogP contribution in [0.5, 0.6) is 0 Å². The molecule has 0 aliphatic carbocycles. The fraction of sp³-hybridized carbons (Fsp3) is 0.263. The standard InChI is InChI=1S/C19H19ClN4.ClH/c20-16-3-1-2-15(12-16)19-17(13-4-8-21-9-5-13)18(23-24-19)14-6-10-22-11-7-14;/h1-5,8-9,12,14,22H,6-7,10-11H2,(H,23,24);1H. The second kappa shape index (κ2) is 8.00. The van der Waals surface area contributed by atoms with Gasteiger partial charge in [0.25, 0.3) is 0 Å². The van der Waals surface area contributed by atoms with Gasteiger partial charge in [0, 0.05) is 40.2 Å². The number of aromatic nitrogens is 3. The van der Waals surface area contributed by atoms with Crippen LogP contribution in [0.3, 0.4) is 0 Å². The summed E-state index contributed by atoms with van der Waals surface area (Å²) >= 11 is 6.19. The quantitative estimate of drug-likeness (QED) is 0.699. The summed E-state index contributed by atoms with van der Waals surface area (Å²) in [6.45, 7) is 2.10. The number of H-pyrrole nitrogens is 1. The van der Waals surface area contributed by atoms with Gasteiger partial charge in [0.15, 0.2) is 0 Å². The Morgan fingerprint density at radius 3 is 2.48 bits per heavy atom. The third-order valence-corrected chi connectivity index (χ3v) is 4.84. The number of rotatable bonds is 3. The van der Waals surface area contributed by atoms with Crippen LogP contribution < -0.4 is 5.32 Å². The molecule has 3 aromatic rings. The van der Waals surface area contributed by atoms with Gasteiger partial charge < -0.3 is 5.32 Å². The summed E-state index contributed by atoms with van der Waals surface area (Å²) < 4.78 is 0. The molecular weight excluding hydrogens is 355 g/mol. The van der Waals surface area contributed by atoms with E-state index >= 15 is 0 Å². The first-order valence-electron chi connectivity index (χ1n) is 8.28. The van der Waals surface area contributed by atoms with Crippen molar-refractivity contribution in [3.8, 4) is 22.4 Å². The highest BCUT2D eigenvalue weighted by Gasteiger charge is 2.24. The van der Waals surface area contributed by atoms with Crippen molar-refractivity contribution in [3.63, 3.8) is 0 Å². The number of nitrogens with one attached hydrogen (secondary N) is 2. The second-order valence-electron chi connectivity index (χ2n) is 6.13. The van der Waals surface area contributed by atoms with E-state index in [4.69, 9.17) is 11.6 Å². The van der Waals surface area contributed by atoms with Crippen LogP contribution in [-0.4, -0.2) is 28.3 Å². The Morgan fingerprint density at radius 2 is 1.76 bits per heavy atom. The molecule has 4 rings (SSSR count). The second-order valence-corrected chi connectivity index (χ2v) is 6.57. The summed E-state index contributed by atoms with van der Waals surface area (Å²) in [5.74, 6) is 0.495. The van der Waals surface area contributed by atoms with Crippen molar-refractivity contribution in [3.05, 3.63) is 59.5 Å². The molecule has 0 saturated carbocycles. The number of nitrogens with zero attached hydrogens (tertiary/aromatic N) is 2. The molecular formula is C19H20Cl2N4. The fourth-order valence-corrected chi connectivity index (χ4v) is 3.61. The Bertz CT molecular complexity index is 826. The monoisotopic (exact) mass is 374 g/mol. The Balaban J connectivity index is 0.00000182. The molecule has 1 aliphatic heterocycles. The van der Waals surface area contributed by atoms with Gasteiger partial charge in [-0.05, 0) is 55.8 Å². The van der Waals surface area contributed by atoms with Crippen LogP contribution in [0.2, 0.25) is 5.02 Å². The van der Waals surface area contributed by atoms with E-state index in [1.807, 2.05) is 42.7 Å². The summed E-state index contributed by atoms with van der Waals surface area (Å²) in [5, 5.41) is 12.1. The summed E-state index contributed by atoms with van der Waals surface area (Å²) in [6.07, 6.45) is 5.90. The average molecular weight is 375 g/mol. The first-order valence-corrected chi connectivity index (χ1v) is 8.66. The Morgan fingerprint density at radius 1 is 1.00 bits per heavy atom. The first kappa shape index (κ1) is 17.9. The van der Waals surface area contributed by atoms with E-state index in [-0.39, 0.29) is 12.4 Å². The van der Waals surface area contributed by atoms with Crippen molar-refractivity contribution < 1.29 is 0 Å². The van der Waals surface area contributed by atoms with Crippen molar-refractivity contribution in [2.45, 2.75) is 18.8 Å². The van der Waals surface area contributed by atoms with E-state index in [0.717, 1.165) is 47.8 Å². The molecule has 1 aromatic carbocycles. The van der Waals surface area contributed by atoms with Crippen LogP contribution in [0.1, 0.15) is 24.5 Å². The van der Waals surface area contributed by atoms with Gasteiger partial charge in [0.05, 0.1) is 0 Å². The zero-order chi connectivity index (χ0) is 16.4. The Labute approximate surface area is 158 Å². The SMILES string of the molecule is Cl.Clc1cccc(-c2n[nH]c(C3CCNCC3)c2-c2ccncc2)c1. The van der Waals surface area contributed by atoms with Gasteiger partial charge in [-0.15, -0.1) is 12.4 Å². The number of pyridine rings is 1. The molecule has 1 fully saturated rings.